The third-order valence-electron chi connectivity index (χ3n) is 4.23. The van der Waals surface area contributed by atoms with Gasteiger partial charge in [0.15, 0.2) is 0 Å². The number of carbonyl (C=O) groups is 1. The highest BCUT2D eigenvalue weighted by Crippen LogP contribution is 2.25. The Balaban J connectivity index is 1.65. The van der Waals surface area contributed by atoms with Crippen LogP contribution in [0.3, 0.4) is 0 Å². The van der Waals surface area contributed by atoms with Crippen LogP contribution in [-0.4, -0.2) is 59.6 Å². The van der Waals surface area contributed by atoms with Crippen LogP contribution in [0.15, 0.2) is 35.5 Å². The lowest BCUT2D eigenvalue weighted by Gasteiger charge is -2.22. The molecular weight excluding hydrogens is 413 g/mol. The molecule has 0 unspecified atom stereocenters. The number of anilines is 1. The molecule has 1 aliphatic heterocycles. The number of benzene rings is 1. The number of amides is 2. The summed E-state index contributed by atoms with van der Waals surface area (Å²) in [5.74, 6) is 0. The monoisotopic (exact) mass is 431 g/mol. The van der Waals surface area contributed by atoms with E-state index in [0.29, 0.717) is 35.2 Å². The van der Waals surface area contributed by atoms with Crippen molar-refractivity contribution >= 4 is 44.9 Å². The number of aromatic nitrogens is 2. The zero-order chi connectivity index (χ0) is 19.6. The smallest absolute Gasteiger partial charge is 0.321 e. The topological polar surface area (TPSA) is 87.5 Å². The predicted octanol–water partition coefficient (Wildman–Crippen LogP) is 2.66. The molecule has 1 aromatic heterocycles. The number of carbonyl (C=O) groups excluding carboxylic acids is 1. The highest BCUT2D eigenvalue weighted by Gasteiger charge is 2.29. The molecule has 0 atom stereocenters. The summed E-state index contributed by atoms with van der Waals surface area (Å²) < 4.78 is 28.3. The maximum absolute atomic E-state index is 12.7. The van der Waals surface area contributed by atoms with Gasteiger partial charge in [-0.25, -0.2) is 13.2 Å². The quantitative estimate of drug-likeness (QED) is 0.808. The van der Waals surface area contributed by atoms with Crippen molar-refractivity contribution in [2.75, 3.05) is 31.5 Å². The molecule has 1 saturated heterocycles. The minimum Gasteiger partial charge on any atom is -0.323 e. The van der Waals surface area contributed by atoms with Gasteiger partial charge < -0.3 is 10.2 Å². The zero-order valence-electron chi connectivity index (χ0n) is 14.6. The lowest BCUT2D eigenvalue weighted by molar-refractivity contribution is 0.214. The van der Waals surface area contributed by atoms with Crippen molar-refractivity contribution in [3.63, 3.8) is 0 Å². The van der Waals surface area contributed by atoms with Gasteiger partial charge >= 0.3 is 6.03 Å². The molecule has 0 radical (unpaired) electrons. The highest BCUT2D eigenvalue weighted by molar-refractivity contribution is 7.89. The van der Waals surface area contributed by atoms with Crippen LogP contribution in [0.1, 0.15) is 6.42 Å². The summed E-state index contributed by atoms with van der Waals surface area (Å²) in [6.07, 6.45) is 3.33. The van der Waals surface area contributed by atoms with Gasteiger partial charge in [-0.05, 0) is 24.6 Å². The Hall–Kier alpha value is -1.81. The Morgan fingerprint density at radius 3 is 2.59 bits per heavy atom. The van der Waals surface area contributed by atoms with Gasteiger partial charge in [-0.2, -0.15) is 9.40 Å². The van der Waals surface area contributed by atoms with Crippen molar-refractivity contribution < 1.29 is 13.2 Å². The fourth-order valence-corrected chi connectivity index (χ4v) is 4.55. The lowest BCUT2D eigenvalue weighted by Crippen LogP contribution is -2.39. The van der Waals surface area contributed by atoms with Gasteiger partial charge in [-0.1, -0.05) is 23.2 Å². The molecule has 0 bridgehead atoms. The summed E-state index contributed by atoms with van der Waals surface area (Å²) in [5.41, 5.74) is 0.526. The van der Waals surface area contributed by atoms with Crippen molar-refractivity contribution in [2.45, 2.75) is 11.3 Å². The molecular formula is C16H19Cl2N5O3S. The first-order valence-electron chi connectivity index (χ1n) is 8.27. The van der Waals surface area contributed by atoms with Gasteiger partial charge in [0.2, 0.25) is 10.0 Å². The molecule has 8 nitrogen and oxygen atoms in total. The molecule has 1 aromatic carbocycles. The second kappa shape index (κ2) is 8.05. The van der Waals surface area contributed by atoms with Crippen molar-refractivity contribution in [2.24, 2.45) is 7.05 Å². The number of rotatable bonds is 3. The number of nitrogens with one attached hydrogen (secondary N) is 1. The van der Waals surface area contributed by atoms with Crippen LogP contribution < -0.4 is 5.32 Å². The fraction of sp³-hybridized carbons (Fsp3) is 0.375. The van der Waals surface area contributed by atoms with Crippen LogP contribution in [-0.2, 0) is 17.1 Å². The Kier molecular flexibility index (Phi) is 5.95. The van der Waals surface area contributed by atoms with Crippen LogP contribution in [0.4, 0.5) is 10.5 Å². The number of hydrogen-bond acceptors (Lipinski definition) is 4. The largest absolute Gasteiger partial charge is 0.323 e. The minimum atomic E-state index is -3.62. The molecule has 1 aliphatic rings. The van der Waals surface area contributed by atoms with Gasteiger partial charge in [0.05, 0.1) is 16.2 Å². The number of hydrogen-bond donors (Lipinski definition) is 1. The van der Waals surface area contributed by atoms with E-state index in [1.54, 1.807) is 30.1 Å². The molecule has 1 fully saturated rings. The summed E-state index contributed by atoms with van der Waals surface area (Å²) >= 11 is 11.8. The molecule has 2 aromatic rings. The summed E-state index contributed by atoms with van der Waals surface area (Å²) in [6.45, 7) is 1.29. The van der Waals surface area contributed by atoms with E-state index in [1.165, 1.54) is 21.4 Å². The van der Waals surface area contributed by atoms with E-state index < -0.39 is 10.0 Å². The van der Waals surface area contributed by atoms with Crippen LogP contribution in [0, 0.1) is 0 Å². The van der Waals surface area contributed by atoms with Gasteiger partial charge in [0.1, 0.15) is 4.90 Å². The summed E-state index contributed by atoms with van der Waals surface area (Å²) in [5, 5.41) is 7.43. The lowest BCUT2D eigenvalue weighted by atomic mass is 10.3. The number of nitrogens with zero attached hydrogens (tertiary/aromatic N) is 4. The van der Waals surface area contributed by atoms with Crippen molar-refractivity contribution in [1.29, 1.82) is 0 Å². The van der Waals surface area contributed by atoms with Crippen molar-refractivity contribution in [1.82, 2.24) is 19.0 Å². The molecule has 146 valence electrons. The first-order chi connectivity index (χ1) is 12.8. The highest BCUT2D eigenvalue weighted by atomic mass is 35.5. The maximum atomic E-state index is 12.7. The minimum absolute atomic E-state index is 0.152. The number of halogens is 2. The van der Waals surface area contributed by atoms with Gasteiger partial charge in [-0.3, -0.25) is 4.68 Å². The number of sulfonamides is 1. The third-order valence-corrected chi connectivity index (χ3v) is 6.82. The standard InChI is InChI=1S/C16H19Cl2N5O3S/c1-21-11-13(10-19-21)27(25,26)23-6-2-5-22(7-8-23)16(24)20-12-3-4-14(17)15(18)9-12/h3-4,9-11H,2,5-8H2,1H3,(H,20,24). The molecule has 0 saturated carbocycles. The van der Waals surface area contributed by atoms with Gasteiger partial charge in [0, 0.05) is 45.1 Å². The van der Waals surface area contributed by atoms with Crippen LogP contribution in [0.25, 0.3) is 0 Å². The molecule has 27 heavy (non-hydrogen) atoms. The maximum Gasteiger partial charge on any atom is 0.321 e. The van der Waals surface area contributed by atoms with E-state index in [-0.39, 0.29) is 24.0 Å². The number of aryl methyl sites for hydroxylation is 1. The molecule has 11 heteroatoms. The van der Waals surface area contributed by atoms with E-state index in [9.17, 15) is 13.2 Å². The van der Waals surface area contributed by atoms with E-state index in [0.717, 1.165) is 0 Å². The molecule has 1 N–H and O–H groups in total. The summed E-state index contributed by atoms with van der Waals surface area (Å²) in [6, 6.07) is 4.51. The summed E-state index contributed by atoms with van der Waals surface area (Å²) in [4.78, 5) is 14.2. The first kappa shape index (κ1) is 19.9. The number of urea groups is 1. The fourth-order valence-electron chi connectivity index (χ4n) is 2.79. The van der Waals surface area contributed by atoms with E-state index in [4.69, 9.17) is 23.2 Å². The predicted molar refractivity (Wildman–Crippen MR) is 104 cm³/mol. The van der Waals surface area contributed by atoms with E-state index in [1.807, 2.05) is 0 Å². The Bertz CT molecular complexity index is 947. The second-order valence-corrected chi connectivity index (χ2v) is 8.91. The van der Waals surface area contributed by atoms with Gasteiger partial charge in [-0.15, -0.1) is 0 Å². The second-order valence-electron chi connectivity index (χ2n) is 6.15. The molecule has 2 heterocycles. The zero-order valence-corrected chi connectivity index (χ0v) is 16.9. The van der Waals surface area contributed by atoms with E-state index in [2.05, 4.69) is 10.4 Å². The third kappa shape index (κ3) is 4.55. The van der Waals surface area contributed by atoms with Crippen LogP contribution in [0.2, 0.25) is 10.0 Å². The van der Waals surface area contributed by atoms with E-state index >= 15 is 0 Å². The molecule has 3 rings (SSSR count). The Morgan fingerprint density at radius 1 is 1.15 bits per heavy atom. The molecule has 0 spiro atoms. The van der Waals surface area contributed by atoms with Crippen LogP contribution >= 0.6 is 23.2 Å². The van der Waals surface area contributed by atoms with Crippen LogP contribution in [0.5, 0.6) is 0 Å². The SMILES string of the molecule is Cn1cc(S(=O)(=O)N2CCCN(C(=O)Nc3ccc(Cl)c(Cl)c3)CC2)cn1. The first-order valence-corrected chi connectivity index (χ1v) is 10.5. The van der Waals surface area contributed by atoms with Gasteiger partial charge in [0.25, 0.3) is 0 Å². The molecule has 0 aliphatic carbocycles. The normalized spacial score (nSPS) is 16.2. The Morgan fingerprint density at radius 2 is 1.93 bits per heavy atom. The average molecular weight is 432 g/mol. The van der Waals surface area contributed by atoms with Crippen molar-refractivity contribution in [3.05, 3.63) is 40.6 Å². The Labute approximate surface area is 167 Å². The van der Waals surface area contributed by atoms with Crippen molar-refractivity contribution in [3.8, 4) is 0 Å². The summed E-state index contributed by atoms with van der Waals surface area (Å²) in [7, 11) is -1.96. The average Bonchev–Trinajstić information content (AvgIpc) is 2.91. The molecule has 2 amide bonds.